The van der Waals surface area contributed by atoms with Gasteiger partial charge in [0.2, 0.25) is 5.91 Å². The van der Waals surface area contributed by atoms with Crippen LogP contribution in [0.25, 0.3) is 0 Å². The third kappa shape index (κ3) is 13.5. The highest BCUT2D eigenvalue weighted by Crippen LogP contribution is 2.11. The molecule has 0 aromatic carbocycles. The molecule has 0 aromatic rings. The Balaban J connectivity index is 0. The van der Waals surface area contributed by atoms with E-state index in [4.69, 9.17) is 9.47 Å². The first-order valence-electron chi connectivity index (χ1n) is 7.21. The fraction of sp³-hybridized carbons (Fsp3) is 0.929. The SMILES string of the molecule is CC.CC.CC1CCOCC1.O=C1COCCN1. The van der Waals surface area contributed by atoms with Crippen LogP contribution in [0.15, 0.2) is 0 Å². The molecule has 2 aliphatic heterocycles. The molecule has 2 saturated heterocycles. The average molecular weight is 261 g/mol. The number of morpholine rings is 1. The van der Waals surface area contributed by atoms with E-state index in [2.05, 4.69) is 12.2 Å². The molecule has 1 amide bonds. The maximum atomic E-state index is 10.2. The van der Waals surface area contributed by atoms with Crippen molar-refractivity contribution in [2.24, 2.45) is 5.92 Å². The number of hydrogen-bond acceptors (Lipinski definition) is 3. The lowest BCUT2D eigenvalue weighted by molar-refractivity contribution is -0.128. The molecule has 4 heteroatoms. The second kappa shape index (κ2) is 16.4. The van der Waals surface area contributed by atoms with Crippen molar-refractivity contribution in [3.05, 3.63) is 0 Å². The monoisotopic (exact) mass is 261 g/mol. The molecule has 2 rings (SSSR count). The molecule has 2 fully saturated rings. The molecule has 0 spiro atoms. The first kappa shape index (κ1) is 19.7. The predicted octanol–water partition coefficient (Wildman–Crippen LogP) is 2.62. The highest BCUT2D eigenvalue weighted by molar-refractivity contribution is 5.77. The van der Waals surface area contributed by atoms with Crippen LogP contribution in [0, 0.1) is 5.92 Å². The van der Waals surface area contributed by atoms with E-state index in [1.54, 1.807) is 0 Å². The summed E-state index contributed by atoms with van der Waals surface area (Å²) in [5.41, 5.74) is 0. The lowest BCUT2D eigenvalue weighted by atomic mass is 10.0. The van der Waals surface area contributed by atoms with Crippen LogP contribution in [0.1, 0.15) is 47.5 Å². The number of rotatable bonds is 0. The molecular weight excluding hydrogens is 230 g/mol. The van der Waals surface area contributed by atoms with Crippen molar-refractivity contribution >= 4 is 5.91 Å². The minimum Gasteiger partial charge on any atom is -0.381 e. The van der Waals surface area contributed by atoms with Crippen LogP contribution in [0.5, 0.6) is 0 Å². The molecule has 1 N–H and O–H groups in total. The van der Waals surface area contributed by atoms with E-state index in [0.717, 1.165) is 19.1 Å². The van der Waals surface area contributed by atoms with E-state index in [0.29, 0.717) is 13.2 Å². The van der Waals surface area contributed by atoms with Crippen LogP contribution < -0.4 is 5.32 Å². The zero-order valence-corrected chi connectivity index (χ0v) is 12.8. The normalized spacial score (nSPS) is 18.8. The summed E-state index contributed by atoms with van der Waals surface area (Å²) in [5, 5.41) is 2.62. The van der Waals surface area contributed by atoms with Crippen LogP contribution in [0.3, 0.4) is 0 Å². The van der Waals surface area contributed by atoms with Gasteiger partial charge in [-0.25, -0.2) is 0 Å². The van der Waals surface area contributed by atoms with E-state index in [9.17, 15) is 4.79 Å². The second-order valence-corrected chi connectivity index (χ2v) is 3.70. The molecule has 4 nitrogen and oxygen atoms in total. The van der Waals surface area contributed by atoms with E-state index in [-0.39, 0.29) is 12.5 Å². The molecule has 110 valence electrons. The molecule has 0 bridgehead atoms. The summed E-state index contributed by atoms with van der Waals surface area (Å²) in [5.74, 6) is 0.903. The lowest BCUT2D eigenvalue weighted by Gasteiger charge is -2.16. The highest BCUT2D eigenvalue weighted by Gasteiger charge is 2.06. The van der Waals surface area contributed by atoms with Crippen molar-refractivity contribution in [1.29, 1.82) is 0 Å². The lowest BCUT2D eigenvalue weighted by Crippen LogP contribution is -2.36. The van der Waals surface area contributed by atoms with Crippen LogP contribution in [-0.4, -0.2) is 38.9 Å². The Kier molecular flexibility index (Phi) is 18.0. The van der Waals surface area contributed by atoms with E-state index >= 15 is 0 Å². The highest BCUT2D eigenvalue weighted by atomic mass is 16.5. The topological polar surface area (TPSA) is 47.6 Å². The summed E-state index contributed by atoms with van der Waals surface area (Å²) in [7, 11) is 0. The van der Waals surface area contributed by atoms with E-state index < -0.39 is 0 Å². The van der Waals surface area contributed by atoms with Gasteiger partial charge in [0.25, 0.3) is 0 Å². The molecular formula is C14H31NO3. The number of hydrogen-bond donors (Lipinski definition) is 1. The Bertz CT molecular complexity index is 160. The molecule has 0 unspecified atom stereocenters. The summed E-state index contributed by atoms with van der Waals surface area (Å²) in [4.78, 5) is 10.2. The van der Waals surface area contributed by atoms with Gasteiger partial charge in [-0.05, 0) is 18.8 Å². The zero-order chi connectivity index (χ0) is 14.2. The molecule has 0 atom stereocenters. The van der Waals surface area contributed by atoms with E-state index in [1.807, 2.05) is 27.7 Å². The molecule has 2 aliphatic rings. The Labute approximate surface area is 112 Å². The summed E-state index contributed by atoms with van der Waals surface area (Å²) in [6, 6.07) is 0. The smallest absolute Gasteiger partial charge is 0.246 e. The van der Waals surface area contributed by atoms with Gasteiger partial charge in [0.1, 0.15) is 6.61 Å². The van der Waals surface area contributed by atoms with Gasteiger partial charge in [0.15, 0.2) is 0 Å². The Morgan fingerprint density at radius 1 is 1.00 bits per heavy atom. The maximum absolute atomic E-state index is 10.2. The first-order valence-corrected chi connectivity index (χ1v) is 7.21. The largest absolute Gasteiger partial charge is 0.381 e. The van der Waals surface area contributed by atoms with Crippen molar-refractivity contribution in [3.63, 3.8) is 0 Å². The maximum Gasteiger partial charge on any atom is 0.246 e. The third-order valence-corrected chi connectivity index (χ3v) is 2.31. The van der Waals surface area contributed by atoms with Crippen LogP contribution >= 0.6 is 0 Å². The van der Waals surface area contributed by atoms with Crippen molar-refractivity contribution in [2.45, 2.75) is 47.5 Å². The minimum absolute atomic E-state index is 0.00810. The first-order chi connectivity index (χ1) is 8.79. The van der Waals surface area contributed by atoms with Crippen molar-refractivity contribution in [3.8, 4) is 0 Å². The zero-order valence-electron chi connectivity index (χ0n) is 12.8. The van der Waals surface area contributed by atoms with Gasteiger partial charge in [0.05, 0.1) is 6.61 Å². The van der Waals surface area contributed by atoms with Crippen LogP contribution in [0.4, 0.5) is 0 Å². The fourth-order valence-electron chi connectivity index (χ4n) is 1.29. The summed E-state index contributed by atoms with van der Waals surface area (Å²) in [6.07, 6.45) is 2.53. The molecule has 0 aliphatic carbocycles. The number of amides is 1. The van der Waals surface area contributed by atoms with Gasteiger partial charge < -0.3 is 14.8 Å². The molecule has 0 saturated carbocycles. The standard InChI is InChI=1S/C6H12O.C4H7NO2.2C2H6/c1-6-2-4-7-5-3-6;6-4-3-7-2-1-5-4;2*1-2/h6H,2-5H2,1H3;1-3H2,(H,5,6);2*1-2H3. The fourth-order valence-corrected chi connectivity index (χ4v) is 1.29. The van der Waals surface area contributed by atoms with E-state index in [1.165, 1.54) is 12.8 Å². The van der Waals surface area contributed by atoms with Gasteiger partial charge in [0, 0.05) is 19.8 Å². The van der Waals surface area contributed by atoms with Gasteiger partial charge in [-0.1, -0.05) is 34.6 Å². The van der Waals surface area contributed by atoms with Crippen molar-refractivity contribution in [1.82, 2.24) is 5.32 Å². The number of ether oxygens (including phenoxy) is 2. The predicted molar refractivity (Wildman–Crippen MR) is 75.7 cm³/mol. The van der Waals surface area contributed by atoms with Crippen LogP contribution in [-0.2, 0) is 14.3 Å². The average Bonchev–Trinajstić information content (AvgIpc) is 2.46. The Morgan fingerprint density at radius 3 is 1.78 bits per heavy atom. The third-order valence-electron chi connectivity index (χ3n) is 2.31. The number of nitrogens with one attached hydrogen (secondary N) is 1. The van der Waals surface area contributed by atoms with Crippen LogP contribution in [0.2, 0.25) is 0 Å². The summed E-state index contributed by atoms with van der Waals surface area (Å²) < 4.78 is 9.91. The second-order valence-electron chi connectivity index (χ2n) is 3.70. The molecule has 2 heterocycles. The van der Waals surface area contributed by atoms with Gasteiger partial charge in [-0.3, -0.25) is 4.79 Å². The Hall–Kier alpha value is -0.610. The van der Waals surface area contributed by atoms with Crippen molar-refractivity contribution < 1.29 is 14.3 Å². The number of carbonyl (C=O) groups excluding carboxylic acids is 1. The minimum atomic E-state index is -0.00810. The van der Waals surface area contributed by atoms with Gasteiger partial charge >= 0.3 is 0 Å². The van der Waals surface area contributed by atoms with Gasteiger partial charge in [-0.15, -0.1) is 0 Å². The molecule has 0 aromatic heterocycles. The molecule has 0 radical (unpaired) electrons. The molecule has 18 heavy (non-hydrogen) atoms. The Morgan fingerprint density at radius 2 is 1.56 bits per heavy atom. The van der Waals surface area contributed by atoms with Gasteiger partial charge in [-0.2, -0.15) is 0 Å². The summed E-state index contributed by atoms with van der Waals surface area (Å²) in [6.45, 7) is 13.8. The summed E-state index contributed by atoms with van der Waals surface area (Å²) >= 11 is 0. The van der Waals surface area contributed by atoms with Crippen molar-refractivity contribution in [2.75, 3.05) is 33.0 Å². The number of carbonyl (C=O) groups is 1. The quantitative estimate of drug-likeness (QED) is 0.729.